The second-order valence-corrected chi connectivity index (χ2v) is 6.18. The molecule has 0 bridgehead atoms. The van der Waals surface area contributed by atoms with Crippen LogP contribution in [0, 0.1) is 19.3 Å². The second kappa shape index (κ2) is 4.81. The number of nitrogens with one attached hydrogen (secondary N) is 1. The Kier molecular flexibility index (Phi) is 4.03. The molecular weight excluding hydrogens is 210 g/mol. The topological polar surface area (TPSA) is 29.9 Å². The van der Waals surface area contributed by atoms with Crippen LogP contribution in [0.5, 0.6) is 0 Å². The molecule has 0 aliphatic heterocycles. The Morgan fingerprint density at radius 1 is 1.18 bits per heavy atom. The normalized spacial score (nSPS) is 16.0. The summed E-state index contributed by atoms with van der Waals surface area (Å²) >= 11 is 0. The third-order valence-electron chi connectivity index (χ3n) is 3.80. The van der Waals surface area contributed by atoms with Crippen molar-refractivity contribution in [3.8, 4) is 0 Å². The molecule has 2 unspecified atom stereocenters. The van der Waals surface area contributed by atoms with Gasteiger partial charge in [0.1, 0.15) is 0 Å². The van der Waals surface area contributed by atoms with Gasteiger partial charge in [-0.25, -0.2) is 0 Å². The summed E-state index contributed by atoms with van der Waals surface area (Å²) in [5.41, 5.74) is 4.00. The molecule has 17 heavy (non-hydrogen) atoms. The van der Waals surface area contributed by atoms with Crippen LogP contribution in [0.1, 0.15) is 57.6 Å². The molecule has 98 valence electrons. The lowest BCUT2D eigenvalue weighted by Crippen LogP contribution is -2.39. The second-order valence-electron chi connectivity index (χ2n) is 6.18. The summed E-state index contributed by atoms with van der Waals surface area (Å²) in [6.07, 6.45) is 0. The maximum atomic E-state index is 4.48. The van der Waals surface area contributed by atoms with Gasteiger partial charge in [-0.1, -0.05) is 20.8 Å². The summed E-state index contributed by atoms with van der Waals surface area (Å²) in [5, 5.41) is 8.16. The van der Waals surface area contributed by atoms with Gasteiger partial charge < -0.3 is 5.32 Å². The smallest absolute Gasteiger partial charge is 0.0644 e. The van der Waals surface area contributed by atoms with Crippen LogP contribution in [0.15, 0.2) is 0 Å². The van der Waals surface area contributed by atoms with E-state index in [1.165, 1.54) is 11.3 Å². The standard InChI is InChI=1S/C14H27N3/c1-9(15-12(4)14(5,6)7)13-10(2)16-17(8)11(13)3/h9,12,15H,1-8H3. The fourth-order valence-corrected chi connectivity index (χ4v) is 2.12. The fourth-order valence-electron chi connectivity index (χ4n) is 2.12. The summed E-state index contributed by atoms with van der Waals surface area (Å²) in [6, 6.07) is 0.814. The van der Waals surface area contributed by atoms with Gasteiger partial charge in [0.25, 0.3) is 0 Å². The van der Waals surface area contributed by atoms with Gasteiger partial charge in [0.2, 0.25) is 0 Å². The largest absolute Gasteiger partial charge is 0.307 e. The van der Waals surface area contributed by atoms with E-state index < -0.39 is 0 Å². The molecular formula is C14H27N3. The molecule has 1 aromatic rings. The van der Waals surface area contributed by atoms with Crippen molar-refractivity contribution in [3.05, 3.63) is 17.0 Å². The van der Waals surface area contributed by atoms with Crippen molar-refractivity contribution in [1.29, 1.82) is 0 Å². The van der Waals surface area contributed by atoms with Crippen molar-refractivity contribution in [2.75, 3.05) is 0 Å². The minimum absolute atomic E-state index is 0.276. The van der Waals surface area contributed by atoms with Crippen LogP contribution in [0.2, 0.25) is 0 Å². The highest BCUT2D eigenvalue weighted by Crippen LogP contribution is 2.25. The predicted molar refractivity (Wildman–Crippen MR) is 73.1 cm³/mol. The number of aromatic nitrogens is 2. The van der Waals surface area contributed by atoms with Gasteiger partial charge >= 0.3 is 0 Å². The third kappa shape index (κ3) is 3.09. The Labute approximate surface area is 106 Å². The number of aryl methyl sites for hydroxylation is 2. The van der Waals surface area contributed by atoms with E-state index in [9.17, 15) is 0 Å². The highest BCUT2D eigenvalue weighted by molar-refractivity contribution is 5.27. The highest BCUT2D eigenvalue weighted by Gasteiger charge is 2.24. The first-order valence-electron chi connectivity index (χ1n) is 6.40. The Morgan fingerprint density at radius 2 is 1.71 bits per heavy atom. The number of hydrogen-bond donors (Lipinski definition) is 1. The van der Waals surface area contributed by atoms with Crippen molar-refractivity contribution in [2.24, 2.45) is 12.5 Å². The molecule has 1 N–H and O–H groups in total. The van der Waals surface area contributed by atoms with Gasteiger partial charge in [-0.3, -0.25) is 4.68 Å². The van der Waals surface area contributed by atoms with E-state index in [2.05, 4.69) is 58.9 Å². The van der Waals surface area contributed by atoms with E-state index in [1.54, 1.807) is 0 Å². The number of hydrogen-bond acceptors (Lipinski definition) is 2. The van der Waals surface area contributed by atoms with E-state index in [4.69, 9.17) is 0 Å². The summed E-state index contributed by atoms with van der Waals surface area (Å²) in [4.78, 5) is 0. The zero-order valence-electron chi connectivity index (χ0n) is 12.5. The van der Waals surface area contributed by atoms with Crippen LogP contribution < -0.4 is 5.32 Å². The molecule has 0 radical (unpaired) electrons. The first-order chi connectivity index (χ1) is 7.64. The lowest BCUT2D eigenvalue weighted by molar-refractivity contribution is 0.267. The maximum absolute atomic E-state index is 4.48. The highest BCUT2D eigenvalue weighted by atomic mass is 15.3. The quantitative estimate of drug-likeness (QED) is 0.875. The SMILES string of the molecule is Cc1nn(C)c(C)c1C(C)NC(C)C(C)(C)C. The molecule has 0 aliphatic carbocycles. The molecule has 1 rings (SSSR count). The summed E-state index contributed by atoms with van der Waals surface area (Å²) in [5.74, 6) is 0. The van der Waals surface area contributed by atoms with E-state index in [0.29, 0.717) is 12.1 Å². The van der Waals surface area contributed by atoms with Crippen LogP contribution in [-0.2, 0) is 7.05 Å². The average Bonchev–Trinajstić information content (AvgIpc) is 2.39. The van der Waals surface area contributed by atoms with Gasteiger partial charge in [-0.15, -0.1) is 0 Å². The molecule has 0 saturated heterocycles. The monoisotopic (exact) mass is 237 g/mol. The van der Waals surface area contributed by atoms with Gasteiger partial charge in [0.05, 0.1) is 5.69 Å². The molecule has 2 atom stereocenters. The minimum Gasteiger partial charge on any atom is -0.307 e. The van der Waals surface area contributed by atoms with Gasteiger partial charge in [-0.05, 0) is 33.1 Å². The first-order valence-corrected chi connectivity index (χ1v) is 6.40. The zero-order valence-corrected chi connectivity index (χ0v) is 12.5. The van der Waals surface area contributed by atoms with Crippen LogP contribution in [0.4, 0.5) is 0 Å². The molecule has 3 nitrogen and oxygen atoms in total. The van der Waals surface area contributed by atoms with Crippen molar-refractivity contribution in [2.45, 2.75) is 60.5 Å². The summed E-state index contributed by atoms with van der Waals surface area (Å²) in [7, 11) is 2.01. The minimum atomic E-state index is 0.276. The zero-order chi connectivity index (χ0) is 13.4. The Morgan fingerprint density at radius 3 is 2.06 bits per heavy atom. The summed E-state index contributed by atoms with van der Waals surface area (Å²) in [6.45, 7) is 15.5. The molecule has 0 aromatic carbocycles. The fraction of sp³-hybridized carbons (Fsp3) is 0.786. The Bertz CT molecular complexity index is 385. The predicted octanol–water partition coefficient (Wildman–Crippen LogP) is 3.12. The lowest BCUT2D eigenvalue weighted by Gasteiger charge is -2.31. The van der Waals surface area contributed by atoms with Crippen molar-refractivity contribution < 1.29 is 0 Å². The van der Waals surface area contributed by atoms with Gasteiger partial charge in [0, 0.05) is 30.4 Å². The van der Waals surface area contributed by atoms with Crippen molar-refractivity contribution >= 4 is 0 Å². The number of nitrogens with zero attached hydrogens (tertiary/aromatic N) is 2. The molecule has 1 heterocycles. The Hall–Kier alpha value is -0.830. The Balaban J connectivity index is 2.87. The van der Waals surface area contributed by atoms with E-state index in [-0.39, 0.29) is 5.41 Å². The molecule has 0 spiro atoms. The van der Waals surface area contributed by atoms with E-state index in [1.807, 2.05) is 11.7 Å². The lowest BCUT2D eigenvalue weighted by atomic mass is 9.87. The summed E-state index contributed by atoms with van der Waals surface area (Å²) < 4.78 is 1.96. The van der Waals surface area contributed by atoms with Crippen LogP contribution >= 0.6 is 0 Å². The number of rotatable bonds is 3. The molecule has 3 heteroatoms. The van der Waals surface area contributed by atoms with Crippen LogP contribution in [0.25, 0.3) is 0 Å². The van der Waals surface area contributed by atoms with Crippen molar-refractivity contribution in [1.82, 2.24) is 15.1 Å². The average molecular weight is 237 g/mol. The van der Waals surface area contributed by atoms with Crippen LogP contribution in [-0.4, -0.2) is 15.8 Å². The first kappa shape index (κ1) is 14.2. The maximum Gasteiger partial charge on any atom is 0.0644 e. The van der Waals surface area contributed by atoms with E-state index >= 15 is 0 Å². The third-order valence-corrected chi connectivity index (χ3v) is 3.80. The molecule has 0 fully saturated rings. The molecule has 0 saturated carbocycles. The molecule has 1 aromatic heterocycles. The molecule has 0 amide bonds. The van der Waals surface area contributed by atoms with Crippen molar-refractivity contribution in [3.63, 3.8) is 0 Å². The van der Waals surface area contributed by atoms with Crippen LogP contribution in [0.3, 0.4) is 0 Å². The van der Waals surface area contributed by atoms with Gasteiger partial charge in [0.15, 0.2) is 0 Å². The van der Waals surface area contributed by atoms with E-state index in [0.717, 1.165) is 5.69 Å². The molecule has 0 aliphatic rings. The van der Waals surface area contributed by atoms with Gasteiger partial charge in [-0.2, -0.15) is 5.10 Å².